The number of fused-ring (bicyclic) bond motifs is 2. The lowest BCUT2D eigenvalue weighted by Gasteiger charge is -2.34. The average Bonchev–Trinajstić information content (AvgIpc) is 2.86. The highest BCUT2D eigenvalue weighted by Gasteiger charge is 2.33. The first-order valence-electron chi connectivity index (χ1n) is 12.5. The second-order valence-electron chi connectivity index (χ2n) is 10.5. The van der Waals surface area contributed by atoms with Crippen molar-refractivity contribution in [2.75, 3.05) is 0 Å². The van der Waals surface area contributed by atoms with Gasteiger partial charge in [0.05, 0.1) is 0 Å². The zero-order chi connectivity index (χ0) is 25.4. The van der Waals surface area contributed by atoms with E-state index in [1.165, 1.54) is 27.1 Å². The molecule has 0 radical (unpaired) electrons. The molecule has 5 aromatic rings. The van der Waals surface area contributed by atoms with Crippen LogP contribution in [0.3, 0.4) is 0 Å². The maximum atomic E-state index is 11.6. The Morgan fingerprint density at radius 1 is 0.722 bits per heavy atom. The standard InChI is InChI=1S/C33H32O2S/c1-5-21-19-26(36-25-16-14-24(34)15-17-25)20-29(32(21)35)31(33(2,3)4)30-27-12-8-6-10-22(27)18-23-11-7-9-13-28(23)30/h6-20,31,34-35H,5H2,1-4H3. The molecule has 0 saturated heterocycles. The van der Waals surface area contributed by atoms with Crippen LogP contribution in [-0.2, 0) is 6.42 Å². The zero-order valence-corrected chi connectivity index (χ0v) is 22.1. The van der Waals surface area contributed by atoms with Gasteiger partial charge in [0.15, 0.2) is 0 Å². The molecule has 0 bridgehead atoms. The van der Waals surface area contributed by atoms with E-state index in [9.17, 15) is 10.2 Å². The molecule has 5 aromatic carbocycles. The van der Waals surface area contributed by atoms with Crippen molar-refractivity contribution in [2.45, 2.75) is 49.8 Å². The number of aryl methyl sites for hydroxylation is 1. The van der Waals surface area contributed by atoms with E-state index < -0.39 is 0 Å². The fourth-order valence-corrected chi connectivity index (χ4v) is 6.23. The third kappa shape index (κ3) is 4.56. The summed E-state index contributed by atoms with van der Waals surface area (Å²) in [5, 5.41) is 26.2. The van der Waals surface area contributed by atoms with E-state index >= 15 is 0 Å². The van der Waals surface area contributed by atoms with Crippen LogP contribution < -0.4 is 0 Å². The van der Waals surface area contributed by atoms with Crippen molar-refractivity contribution < 1.29 is 10.2 Å². The van der Waals surface area contributed by atoms with E-state index in [0.29, 0.717) is 5.75 Å². The molecule has 3 heteroatoms. The number of hydrogen-bond acceptors (Lipinski definition) is 3. The predicted octanol–water partition coefficient (Wildman–Crippen LogP) is 9.30. The van der Waals surface area contributed by atoms with E-state index in [1.54, 1.807) is 23.9 Å². The van der Waals surface area contributed by atoms with Crippen LogP contribution in [0.15, 0.2) is 101 Å². The number of rotatable bonds is 5. The maximum Gasteiger partial charge on any atom is 0.122 e. The van der Waals surface area contributed by atoms with E-state index in [1.807, 2.05) is 12.1 Å². The van der Waals surface area contributed by atoms with Gasteiger partial charge in [-0.15, -0.1) is 0 Å². The van der Waals surface area contributed by atoms with E-state index in [0.717, 1.165) is 27.3 Å². The number of hydrogen-bond donors (Lipinski definition) is 2. The second-order valence-corrected chi connectivity index (χ2v) is 11.6. The molecule has 0 spiro atoms. The van der Waals surface area contributed by atoms with Gasteiger partial charge in [0.25, 0.3) is 0 Å². The van der Waals surface area contributed by atoms with Gasteiger partial charge in [-0.2, -0.15) is 0 Å². The van der Waals surface area contributed by atoms with Gasteiger partial charge in [0.2, 0.25) is 0 Å². The van der Waals surface area contributed by atoms with Crippen LogP contribution in [-0.4, -0.2) is 10.2 Å². The lowest BCUT2D eigenvalue weighted by molar-refractivity contribution is 0.349. The van der Waals surface area contributed by atoms with Crippen molar-refractivity contribution in [3.8, 4) is 11.5 Å². The molecule has 5 rings (SSSR count). The smallest absolute Gasteiger partial charge is 0.122 e. The summed E-state index contributed by atoms with van der Waals surface area (Å²) in [6.07, 6.45) is 0.746. The van der Waals surface area contributed by atoms with Gasteiger partial charge in [-0.25, -0.2) is 0 Å². The van der Waals surface area contributed by atoms with Crippen LogP contribution in [0, 0.1) is 5.41 Å². The topological polar surface area (TPSA) is 40.5 Å². The van der Waals surface area contributed by atoms with Gasteiger partial charge >= 0.3 is 0 Å². The Kier molecular flexibility index (Phi) is 6.44. The Hall–Kier alpha value is -3.43. The third-order valence-electron chi connectivity index (χ3n) is 6.92. The molecule has 0 aliphatic heterocycles. The molecule has 0 aliphatic carbocycles. The lowest BCUT2D eigenvalue weighted by atomic mass is 9.69. The summed E-state index contributed by atoms with van der Waals surface area (Å²) in [6, 6.07) is 31.0. The minimum Gasteiger partial charge on any atom is -0.508 e. The molecule has 1 unspecified atom stereocenters. The molecule has 0 amide bonds. The number of phenolic OH excluding ortho intramolecular Hbond substituents is 2. The quantitative estimate of drug-likeness (QED) is 0.240. The molecule has 36 heavy (non-hydrogen) atoms. The van der Waals surface area contributed by atoms with Crippen molar-refractivity contribution in [3.05, 3.63) is 108 Å². The van der Waals surface area contributed by atoms with Gasteiger partial charge in [-0.3, -0.25) is 0 Å². The molecule has 0 aliphatic rings. The Morgan fingerprint density at radius 2 is 1.31 bits per heavy atom. The Bertz CT molecular complexity index is 1490. The van der Waals surface area contributed by atoms with Crippen molar-refractivity contribution in [3.63, 3.8) is 0 Å². The van der Waals surface area contributed by atoms with E-state index in [-0.39, 0.29) is 17.1 Å². The van der Waals surface area contributed by atoms with Crippen LogP contribution in [0.25, 0.3) is 21.5 Å². The van der Waals surface area contributed by atoms with E-state index in [4.69, 9.17) is 0 Å². The zero-order valence-electron chi connectivity index (χ0n) is 21.2. The molecule has 0 fully saturated rings. The van der Waals surface area contributed by atoms with Gasteiger partial charge in [0, 0.05) is 21.3 Å². The Morgan fingerprint density at radius 3 is 1.86 bits per heavy atom. The SMILES string of the molecule is CCc1cc(Sc2ccc(O)cc2)cc(C(c2c3ccccc3cc3ccccc23)C(C)(C)C)c1O. The summed E-state index contributed by atoms with van der Waals surface area (Å²) < 4.78 is 0. The molecule has 0 heterocycles. The molecular weight excluding hydrogens is 460 g/mol. The largest absolute Gasteiger partial charge is 0.508 e. The number of aromatic hydroxyl groups is 2. The van der Waals surface area contributed by atoms with Gasteiger partial charge in [0.1, 0.15) is 11.5 Å². The van der Waals surface area contributed by atoms with Crippen LogP contribution in [0.5, 0.6) is 11.5 Å². The van der Waals surface area contributed by atoms with Crippen LogP contribution >= 0.6 is 11.8 Å². The van der Waals surface area contributed by atoms with Crippen LogP contribution in [0.1, 0.15) is 50.3 Å². The van der Waals surface area contributed by atoms with Gasteiger partial charge in [-0.05, 0) is 87.0 Å². The summed E-state index contributed by atoms with van der Waals surface area (Å²) >= 11 is 1.66. The normalized spacial score (nSPS) is 12.8. The minimum atomic E-state index is -0.156. The maximum absolute atomic E-state index is 11.6. The van der Waals surface area contributed by atoms with Crippen molar-refractivity contribution in [1.29, 1.82) is 0 Å². The summed E-state index contributed by atoms with van der Waals surface area (Å²) in [5.41, 5.74) is 3.02. The molecule has 0 saturated carbocycles. The van der Waals surface area contributed by atoms with Gasteiger partial charge < -0.3 is 10.2 Å². The first kappa shape index (κ1) is 24.3. The third-order valence-corrected chi connectivity index (χ3v) is 7.90. The minimum absolute atomic E-state index is 0.0285. The number of phenols is 2. The first-order valence-corrected chi connectivity index (χ1v) is 13.3. The number of benzene rings is 5. The summed E-state index contributed by atoms with van der Waals surface area (Å²) in [5.74, 6) is 0.624. The molecular formula is C33H32O2S. The fourth-order valence-electron chi connectivity index (χ4n) is 5.30. The van der Waals surface area contributed by atoms with Crippen molar-refractivity contribution in [1.82, 2.24) is 0 Å². The Labute approximate surface area is 217 Å². The summed E-state index contributed by atoms with van der Waals surface area (Å²) in [7, 11) is 0. The highest BCUT2D eigenvalue weighted by atomic mass is 32.2. The highest BCUT2D eigenvalue weighted by molar-refractivity contribution is 7.99. The molecule has 1 atom stereocenters. The monoisotopic (exact) mass is 492 g/mol. The molecule has 182 valence electrons. The van der Waals surface area contributed by atoms with Crippen molar-refractivity contribution in [2.24, 2.45) is 5.41 Å². The predicted molar refractivity (Wildman–Crippen MR) is 152 cm³/mol. The highest BCUT2D eigenvalue weighted by Crippen LogP contribution is 2.50. The van der Waals surface area contributed by atoms with E-state index in [2.05, 4.69) is 94.4 Å². The summed E-state index contributed by atoms with van der Waals surface area (Å²) in [4.78, 5) is 2.14. The molecule has 2 nitrogen and oxygen atoms in total. The first-order chi connectivity index (χ1) is 17.3. The molecule has 2 N–H and O–H groups in total. The molecule has 0 aromatic heterocycles. The lowest BCUT2D eigenvalue weighted by Crippen LogP contribution is -2.21. The van der Waals surface area contributed by atoms with Crippen LogP contribution in [0.2, 0.25) is 0 Å². The van der Waals surface area contributed by atoms with Gasteiger partial charge in [-0.1, -0.05) is 88.0 Å². The second kappa shape index (κ2) is 9.55. The average molecular weight is 493 g/mol. The Balaban J connectivity index is 1.79. The summed E-state index contributed by atoms with van der Waals surface area (Å²) in [6.45, 7) is 8.88. The van der Waals surface area contributed by atoms with Crippen molar-refractivity contribution >= 4 is 33.3 Å². The van der Waals surface area contributed by atoms with Crippen LogP contribution in [0.4, 0.5) is 0 Å². The fraction of sp³-hybridized carbons (Fsp3) is 0.212.